The fraction of sp³-hybridized carbons (Fsp3) is 0.389. The van der Waals surface area contributed by atoms with Crippen molar-refractivity contribution in [2.24, 2.45) is 0 Å². The third kappa shape index (κ3) is 4.24. The molecule has 1 aliphatic heterocycles. The molecule has 7 heteroatoms. The molecule has 0 spiro atoms. The van der Waals surface area contributed by atoms with Gasteiger partial charge in [0.25, 0.3) is 11.5 Å². The minimum absolute atomic E-state index is 0.109. The molecule has 0 radical (unpaired) electrons. The molecule has 1 aliphatic rings. The molecule has 1 saturated heterocycles. The number of carbonyl (C=O) groups is 1. The number of amides is 1. The number of ether oxygens (including phenoxy) is 1. The monoisotopic (exact) mass is 342 g/mol. The number of anilines is 1. The number of aryl methyl sites for hydroxylation is 1. The zero-order valence-corrected chi connectivity index (χ0v) is 14.4. The quantitative estimate of drug-likeness (QED) is 0.873. The Labute approximate surface area is 146 Å². The van der Waals surface area contributed by atoms with Crippen LogP contribution in [0.1, 0.15) is 28.5 Å². The Morgan fingerprint density at radius 3 is 2.92 bits per heavy atom. The van der Waals surface area contributed by atoms with Crippen LogP contribution >= 0.6 is 0 Å². The maximum atomic E-state index is 12.1. The number of hydrogen-bond donors (Lipinski definition) is 2. The van der Waals surface area contributed by atoms with Crippen molar-refractivity contribution in [1.82, 2.24) is 15.3 Å². The van der Waals surface area contributed by atoms with Gasteiger partial charge in [-0.25, -0.2) is 4.98 Å². The van der Waals surface area contributed by atoms with Crippen LogP contribution < -0.4 is 15.8 Å². The fourth-order valence-corrected chi connectivity index (χ4v) is 2.76. The second-order valence-electron chi connectivity index (χ2n) is 6.22. The first kappa shape index (κ1) is 17.2. The average Bonchev–Trinajstić information content (AvgIpc) is 2.60. The van der Waals surface area contributed by atoms with E-state index in [0.717, 1.165) is 30.2 Å². The lowest BCUT2D eigenvalue weighted by Crippen LogP contribution is -2.41. The molecule has 0 aliphatic carbocycles. The van der Waals surface area contributed by atoms with Crippen LogP contribution in [0.5, 0.6) is 0 Å². The highest BCUT2D eigenvalue weighted by molar-refractivity contribution is 5.93. The number of rotatable bonds is 4. The van der Waals surface area contributed by atoms with Gasteiger partial charge in [-0.1, -0.05) is 6.07 Å². The van der Waals surface area contributed by atoms with E-state index in [1.165, 1.54) is 6.07 Å². The summed E-state index contributed by atoms with van der Waals surface area (Å²) in [6.07, 6.45) is 1.94. The molecule has 132 valence electrons. The number of aromatic nitrogens is 2. The topological polar surface area (TPSA) is 87.3 Å². The lowest BCUT2D eigenvalue weighted by Gasteiger charge is -2.32. The zero-order chi connectivity index (χ0) is 17.8. The van der Waals surface area contributed by atoms with E-state index in [1.807, 2.05) is 19.1 Å². The number of hydrogen-bond acceptors (Lipinski definition) is 5. The summed E-state index contributed by atoms with van der Waals surface area (Å²) < 4.78 is 5.53. The molecule has 2 aromatic heterocycles. The highest BCUT2D eigenvalue weighted by atomic mass is 16.5. The normalized spacial score (nSPS) is 17.4. The van der Waals surface area contributed by atoms with Crippen molar-refractivity contribution >= 4 is 11.7 Å². The third-order valence-corrected chi connectivity index (χ3v) is 4.13. The van der Waals surface area contributed by atoms with Crippen LogP contribution in [0.4, 0.5) is 5.82 Å². The minimum atomic E-state index is -0.396. The highest BCUT2D eigenvalue weighted by Gasteiger charge is 2.17. The van der Waals surface area contributed by atoms with Gasteiger partial charge < -0.3 is 19.9 Å². The molecule has 1 atom stereocenters. The molecule has 1 fully saturated rings. The number of nitrogens with zero attached hydrogens (tertiary/aromatic N) is 2. The van der Waals surface area contributed by atoms with Crippen LogP contribution in [0.15, 0.2) is 35.3 Å². The van der Waals surface area contributed by atoms with E-state index in [9.17, 15) is 9.59 Å². The number of nitrogens with one attached hydrogen (secondary N) is 2. The van der Waals surface area contributed by atoms with Gasteiger partial charge in [0, 0.05) is 31.5 Å². The predicted molar refractivity (Wildman–Crippen MR) is 94.8 cm³/mol. The molecular formula is C18H22N4O3. The molecule has 1 amide bonds. The van der Waals surface area contributed by atoms with Gasteiger partial charge >= 0.3 is 0 Å². The van der Waals surface area contributed by atoms with Crippen molar-refractivity contribution in [3.8, 4) is 0 Å². The van der Waals surface area contributed by atoms with Crippen molar-refractivity contribution < 1.29 is 9.53 Å². The molecule has 3 rings (SSSR count). The molecule has 0 saturated carbocycles. The van der Waals surface area contributed by atoms with Crippen molar-refractivity contribution in [3.63, 3.8) is 0 Å². The van der Waals surface area contributed by atoms with Crippen LogP contribution in [0.3, 0.4) is 0 Å². The molecule has 1 unspecified atom stereocenters. The fourth-order valence-electron chi connectivity index (χ4n) is 2.76. The van der Waals surface area contributed by atoms with Gasteiger partial charge in [-0.05, 0) is 37.6 Å². The number of morpholine rings is 1. The molecule has 0 bridgehead atoms. The predicted octanol–water partition coefficient (Wildman–Crippen LogP) is 1.23. The first-order valence-electron chi connectivity index (χ1n) is 8.32. The summed E-state index contributed by atoms with van der Waals surface area (Å²) >= 11 is 0. The maximum Gasteiger partial charge on any atom is 0.260 e. The van der Waals surface area contributed by atoms with Gasteiger partial charge in [-0.2, -0.15) is 0 Å². The Bertz CT molecular complexity index is 801. The third-order valence-electron chi connectivity index (χ3n) is 4.13. The van der Waals surface area contributed by atoms with Gasteiger partial charge in [-0.3, -0.25) is 9.59 Å². The number of pyridine rings is 2. The van der Waals surface area contributed by atoms with Crippen molar-refractivity contribution in [2.75, 3.05) is 24.6 Å². The second-order valence-corrected chi connectivity index (χ2v) is 6.22. The van der Waals surface area contributed by atoms with Crippen molar-refractivity contribution in [2.45, 2.75) is 26.5 Å². The summed E-state index contributed by atoms with van der Waals surface area (Å²) in [6, 6.07) is 7.11. The zero-order valence-electron chi connectivity index (χ0n) is 14.4. The minimum Gasteiger partial charge on any atom is -0.375 e. The van der Waals surface area contributed by atoms with Gasteiger partial charge in [0.2, 0.25) is 0 Å². The standard InChI is InChI=1S/C18H22N4O3/c1-12-3-5-15(18(24)21-12)17(23)20-10-14-4-6-16(19-9-14)22-7-8-25-13(2)11-22/h3-6,9,13H,7-8,10-11H2,1-2H3,(H,20,23)(H,21,24). The van der Waals surface area contributed by atoms with E-state index in [-0.39, 0.29) is 17.2 Å². The van der Waals surface area contributed by atoms with Gasteiger partial charge in [0.1, 0.15) is 11.4 Å². The van der Waals surface area contributed by atoms with Crippen LogP contribution in [0, 0.1) is 6.92 Å². The van der Waals surface area contributed by atoms with E-state index < -0.39 is 5.91 Å². The Morgan fingerprint density at radius 1 is 1.40 bits per heavy atom. The Balaban J connectivity index is 1.60. The Kier molecular flexibility index (Phi) is 5.14. The smallest absolute Gasteiger partial charge is 0.260 e. The first-order chi connectivity index (χ1) is 12.0. The van der Waals surface area contributed by atoms with Crippen molar-refractivity contribution in [1.29, 1.82) is 0 Å². The van der Waals surface area contributed by atoms with Crippen LogP contribution in [0.2, 0.25) is 0 Å². The Hall–Kier alpha value is -2.67. The second kappa shape index (κ2) is 7.48. The molecule has 7 nitrogen and oxygen atoms in total. The summed E-state index contributed by atoms with van der Waals surface area (Å²) in [5.41, 5.74) is 1.32. The molecule has 2 N–H and O–H groups in total. The largest absolute Gasteiger partial charge is 0.375 e. The summed E-state index contributed by atoms with van der Waals surface area (Å²) in [5, 5.41) is 2.75. The van der Waals surface area contributed by atoms with E-state index in [0.29, 0.717) is 13.2 Å². The van der Waals surface area contributed by atoms with E-state index >= 15 is 0 Å². The average molecular weight is 342 g/mol. The van der Waals surface area contributed by atoms with E-state index in [1.54, 1.807) is 19.2 Å². The summed E-state index contributed by atoms with van der Waals surface area (Å²) in [4.78, 5) is 33.2. The van der Waals surface area contributed by atoms with Crippen LogP contribution in [-0.4, -0.2) is 41.7 Å². The Morgan fingerprint density at radius 2 is 2.24 bits per heavy atom. The highest BCUT2D eigenvalue weighted by Crippen LogP contribution is 2.15. The van der Waals surface area contributed by atoms with E-state index in [4.69, 9.17) is 4.74 Å². The van der Waals surface area contributed by atoms with Crippen LogP contribution in [0.25, 0.3) is 0 Å². The molecule has 25 heavy (non-hydrogen) atoms. The van der Waals surface area contributed by atoms with Gasteiger partial charge in [-0.15, -0.1) is 0 Å². The molecular weight excluding hydrogens is 320 g/mol. The number of carbonyl (C=O) groups excluding carboxylic acids is 1. The molecule has 3 heterocycles. The summed E-state index contributed by atoms with van der Waals surface area (Å²) in [7, 11) is 0. The summed E-state index contributed by atoms with van der Waals surface area (Å²) in [5.74, 6) is 0.507. The van der Waals surface area contributed by atoms with Gasteiger partial charge in [0.15, 0.2) is 0 Å². The van der Waals surface area contributed by atoms with E-state index in [2.05, 4.69) is 20.2 Å². The molecule has 0 aromatic carbocycles. The first-order valence-corrected chi connectivity index (χ1v) is 8.32. The lowest BCUT2D eigenvalue weighted by molar-refractivity contribution is 0.0529. The maximum absolute atomic E-state index is 12.1. The number of H-pyrrole nitrogens is 1. The summed E-state index contributed by atoms with van der Waals surface area (Å²) in [6.45, 7) is 6.47. The van der Waals surface area contributed by atoms with Crippen LogP contribution in [-0.2, 0) is 11.3 Å². The van der Waals surface area contributed by atoms with Gasteiger partial charge in [0.05, 0.1) is 12.7 Å². The molecule has 2 aromatic rings. The number of aromatic amines is 1. The van der Waals surface area contributed by atoms with Crippen molar-refractivity contribution in [3.05, 3.63) is 57.6 Å². The lowest BCUT2D eigenvalue weighted by atomic mass is 10.2. The SMILES string of the molecule is Cc1ccc(C(=O)NCc2ccc(N3CCOC(C)C3)nc2)c(=O)[nH]1.